The van der Waals surface area contributed by atoms with Gasteiger partial charge in [-0.1, -0.05) is 13.3 Å². The van der Waals surface area contributed by atoms with Crippen molar-refractivity contribution >= 4 is 21.7 Å². The second-order valence-corrected chi connectivity index (χ2v) is 11.6. The van der Waals surface area contributed by atoms with Crippen LogP contribution in [0, 0.1) is 0 Å². The number of hydrogen-bond donors (Lipinski definition) is 1. The fourth-order valence-electron chi connectivity index (χ4n) is 4.72. The van der Waals surface area contributed by atoms with Crippen molar-refractivity contribution in [1.29, 1.82) is 0 Å². The number of ether oxygens (including phenoxy) is 2. The average Bonchev–Trinajstić information content (AvgIpc) is 2.92. The maximum atomic E-state index is 13.8. The summed E-state index contributed by atoms with van der Waals surface area (Å²) in [5.41, 5.74) is 3.37. The summed E-state index contributed by atoms with van der Waals surface area (Å²) < 4.78 is 38.3. The zero-order chi connectivity index (χ0) is 24.7. The highest BCUT2D eigenvalue weighted by Crippen LogP contribution is 2.34. The first kappa shape index (κ1) is 26.2. The lowest BCUT2D eigenvalue weighted by Crippen LogP contribution is -2.62. The minimum Gasteiger partial charge on any atom is -0.381 e. The van der Waals surface area contributed by atoms with Crippen molar-refractivity contribution in [2.75, 3.05) is 50.9 Å². The third-order valence-corrected chi connectivity index (χ3v) is 9.64. The third kappa shape index (κ3) is 5.93. The summed E-state index contributed by atoms with van der Waals surface area (Å²) in [6.45, 7) is 4.59. The number of aryl methyl sites for hydroxylation is 1. The smallest absolute Gasteiger partial charge is 0.266 e. The number of anilines is 1. The van der Waals surface area contributed by atoms with Gasteiger partial charge in [-0.25, -0.2) is 23.7 Å². The van der Waals surface area contributed by atoms with Crippen molar-refractivity contribution in [3.8, 4) is 0 Å². The number of piperazine rings is 1. The molecule has 11 nitrogen and oxygen atoms in total. The van der Waals surface area contributed by atoms with Gasteiger partial charge in [-0.3, -0.25) is 9.78 Å². The summed E-state index contributed by atoms with van der Waals surface area (Å²) in [6, 6.07) is 0. The lowest BCUT2D eigenvalue weighted by Gasteiger charge is -2.42. The van der Waals surface area contributed by atoms with E-state index in [4.69, 9.17) is 14.3 Å². The number of unbranched alkanes of at least 4 members (excludes halogenated alkanes) is 1. The van der Waals surface area contributed by atoms with E-state index in [0.29, 0.717) is 26.1 Å². The molecular weight excluding hydrogens is 474 g/mol. The molecule has 3 aliphatic rings. The Morgan fingerprint density at radius 2 is 1.91 bits per heavy atom. The molecule has 0 aromatic carbocycles. The molecule has 3 fully saturated rings. The Hall–Kier alpha value is -1.86. The first-order chi connectivity index (χ1) is 17.0. The number of carbonyl (C=O) groups excluding carboxylic acids is 1. The molecule has 4 rings (SSSR count). The van der Waals surface area contributed by atoms with Crippen molar-refractivity contribution in [3.63, 3.8) is 0 Å². The van der Waals surface area contributed by atoms with Crippen molar-refractivity contribution in [3.05, 3.63) is 18.1 Å². The summed E-state index contributed by atoms with van der Waals surface area (Å²) >= 11 is 0. The number of nitrogens with one attached hydrogen (secondary N) is 1. The quantitative estimate of drug-likeness (QED) is 0.490. The minimum atomic E-state index is -3.96. The van der Waals surface area contributed by atoms with Crippen molar-refractivity contribution < 1.29 is 27.5 Å². The highest BCUT2D eigenvalue weighted by Gasteiger charge is 2.54. The Kier molecular flexibility index (Phi) is 8.92. The first-order valence-corrected chi connectivity index (χ1v) is 14.1. The van der Waals surface area contributed by atoms with E-state index in [1.54, 1.807) is 12.4 Å². The van der Waals surface area contributed by atoms with Gasteiger partial charge in [0, 0.05) is 65.3 Å². The highest BCUT2D eigenvalue weighted by atomic mass is 32.2. The van der Waals surface area contributed by atoms with Crippen LogP contribution >= 0.6 is 0 Å². The van der Waals surface area contributed by atoms with Gasteiger partial charge in [0.2, 0.25) is 10.0 Å². The normalized spacial score (nSPS) is 23.7. The number of amides is 1. The Balaban J connectivity index is 1.40. The zero-order valence-corrected chi connectivity index (χ0v) is 21.3. The SMILES string of the molecule is CCCCc1cnc(N2CCN(S(=O)(=O)C3(C(=O)NOC4CCCCO4)CCOCC3)CC2)cn1. The molecule has 0 radical (unpaired) electrons. The van der Waals surface area contributed by atoms with E-state index in [-0.39, 0.29) is 39.1 Å². The van der Waals surface area contributed by atoms with E-state index in [0.717, 1.165) is 43.6 Å². The lowest BCUT2D eigenvalue weighted by atomic mass is 9.98. The second kappa shape index (κ2) is 11.9. The van der Waals surface area contributed by atoms with Gasteiger partial charge < -0.3 is 14.4 Å². The van der Waals surface area contributed by atoms with Gasteiger partial charge in [-0.2, -0.15) is 4.31 Å². The lowest BCUT2D eigenvalue weighted by molar-refractivity contribution is -0.202. The number of hydrogen-bond acceptors (Lipinski definition) is 9. The molecule has 0 aliphatic carbocycles. The zero-order valence-electron chi connectivity index (χ0n) is 20.5. The van der Waals surface area contributed by atoms with Crippen LogP contribution in [0.25, 0.3) is 0 Å². The number of aromatic nitrogens is 2. The van der Waals surface area contributed by atoms with E-state index >= 15 is 0 Å². The summed E-state index contributed by atoms with van der Waals surface area (Å²) in [7, 11) is -3.96. The summed E-state index contributed by atoms with van der Waals surface area (Å²) in [4.78, 5) is 29.8. The maximum absolute atomic E-state index is 13.8. The number of nitrogens with zero attached hydrogens (tertiary/aromatic N) is 4. The van der Waals surface area contributed by atoms with Crippen LogP contribution in [0.5, 0.6) is 0 Å². The second-order valence-electron chi connectivity index (χ2n) is 9.31. The van der Waals surface area contributed by atoms with Crippen molar-refractivity contribution in [1.82, 2.24) is 19.8 Å². The van der Waals surface area contributed by atoms with Crippen LogP contribution in [0.1, 0.15) is 57.6 Å². The molecule has 1 aromatic rings. The highest BCUT2D eigenvalue weighted by molar-refractivity contribution is 7.91. The Bertz CT molecular complexity index is 924. The average molecular weight is 512 g/mol. The molecule has 3 saturated heterocycles. The molecule has 1 amide bonds. The Morgan fingerprint density at radius 3 is 2.54 bits per heavy atom. The molecule has 35 heavy (non-hydrogen) atoms. The predicted octanol–water partition coefficient (Wildman–Crippen LogP) is 1.39. The fourth-order valence-corrected chi connectivity index (χ4v) is 6.82. The van der Waals surface area contributed by atoms with E-state index in [9.17, 15) is 13.2 Å². The van der Waals surface area contributed by atoms with Gasteiger partial charge in [-0.15, -0.1) is 0 Å². The molecule has 12 heteroatoms. The van der Waals surface area contributed by atoms with Crippen LogP contribution in [0.4, 0.5) is 5.82 Å². The topological polar surface area (TPSA) is 123 Å². The molecule has 3 aliphatic heterocycles. The first-order valence-electron chi connectivity index (χ1n) is 12.7. The minimum absolute atomic E-state index is 0.0843. The standard InChI is InChI=1S/C23H37N5O6S/c1-2-3-6-19-17-25-20(18-24-19)27-10-12-28(13-11-27)35(30,31)23(8-15-32-16-9-23)22(29)26-34-21-7-4-5-14-33-21/h17-18,21H,2-16H2,1H3,(H,26,29). The van der Waals surface area contributed by atoms with Crippen LogP contribution in [0.15, 0.2) is 12.4 Å². The third-order valence-electron chi connectivity index (χ3n) is 7.01. The van der Waals surface area contributed by atoms with E-state index in [1.165, 1.54) is 4.31 Å². The molecule has 1 aromatic heterocycles. The molecule has 0 saturated carbocycles. The predicted molar refractivity (Wildman–Crippen MR) is 129 cm³/mol. The van der Waals surface area contributed by atoms with Crippen LogP contribution in [-0.4, -0.2) is 85.6 Å². The number of carbonyl (C=O) groups is 1. The molecular formula is C23H37N5O6S. The fraction of sp³-hybridized carbons (Fsp3) is 0.783. The van der Waals surface area contributed by atoms with Crippen molar-refractivity contribution in [2.24, 2.45) is 0 Å². The van der Waals surface area contributed by atoms with Gasteiger partial charge >= 0.3 is 0 Å². The van der Waals surface area contributed by atoms with E-state index in [2.05, 4.69) is 22.4 Å². The van der Waals surface area contributed by atoms with Gasteiger partial charge in [0.1, 0.15) is 5.82 Å². The van der Waals surface area contributed by atoms with Crippen LogP contribution in [-0.2, 0) is 35.5 Å². The van der Waals surface area contributed by atoms with Gasteiger partial charge in [0.25, 0.3) is 5.91 Å². The van der Waals surface area contributed by atoms with Crippen LogP contribution in [0.3, 0.4) is 0 Å². The number of rotatable bonds is 9. The monoisotopic (exact) mass is 511 g/mol. The molecule has 0 bridgehead atoms. The Labute approximate surface area is 207 Å². The molecule has 1 unspecified atom stereocenters. The molecule has 4 heterocycles. The summed E-state index contributed by atoms with van der Waals surface area (Å²) in [6.07, 6.45) is 8.80. The summed E-state index contributed by atoms with van der Waals surface area (Å²) in [5.74, 6) is 0.0904. The van der Waals surface area contributed by atoms with Gasteiger partial charge in [-0.05, 0) is 25.7 Å². The molecule has 1 atom stereocenters. The Morgan fingerprint density at radius 1 is 1.14 bits per heavy atom. The molecule has 1 N–H and O–H groups in total. The van der Waals surface area contributed by atoms with E-state index < -0.39 is 27.0 Å². The summed E-state index contributed by atoms with van der Waals surface area (Å²) in [5, 5.41) is 0. The largest absolute Gasteiger partial charge is 0.381 e. The van der Waals surface area contributed by atoms with E-state index in [1.807, 2.05) is 4.90 Å². The van der Waals surface area contributed by atoms with Crippen LogP contribution in [0.2, 0.25) is 0 Å². The van der Waals surface area contributed by atoms with Crippen LogP contribution < -0.4 is 10.4 Å². The number of hydroxylamine groups is 1. The van der Waals surface area contributed by atoms with Crippen molar-refractivity contribution in [2.45, 2.75) is 69.3 Å². The van der Waals surface area contributed by atoms with Gasteiger partial charge in [0.15, 0.2) is 11.0 Å². The molecule has 0 spiro atoms. The number of sulfonamides is 1. The maximum Gasteiger partial charge on any atom is 0.266 e. The molecule has 196 valence electrons. The van der Waals surface area contributed by atoms with Gasteiger partial charge in [0.05, 0.1) is 18.1 Å².